The lowest BCUT2D eigenvalue weighted by Crippen LogP contribution is -1.87. The molecule has 0 fully saturated rings. The zero-order chi connectivity index (χ0) is 28.3. The van der Waals surface area contributed by atoms with Gasteiger partial charge >= 0.3 is 0 Å². The lowest BCUT2D eigenvalue weighted by molar-refractivity contribution is 0.478. The van der Waals surface area contributed by atoms with Crippen LogP contribution in [-0.2, 0) is 0 Å². The van der Waals surface area contributed by atoms with Crippen molar-refractivity contribution in [3.05, 3.63) is 149 Å². The maximum Gasteiger partial charge on any atom is 0.143 e. The summed E-state index contributed by atoms with van der Waals surface area (Å²) >= 11 is 11.8. The van der Waals surface area contributed by atoms with Crippen LogP contribution in [0.5, 0.6) is 5.75 Å². The van der Waals surface area contributed by atoms with Crippen molar-refractivity contribution in [2.75, 3.05) is 0 Å². The second-order valence-electron chi connectivity index (χ2n) is 9.48. The van der Waals surface area contributed by atoms with E-state index in [1.807, 2.05) is 72.8 Å². The molecule has 0 saturated heterocycles. The molecule has 2 nitrogen and oxygen atoms in total. The standard InChI is InChI=1S/C18H12ClFO.C18H11ClO/c19-13-9-10-15(17(20)11-13)16-8-4-7-14(18(16)21)12-5-2-1-3-6-12;19-13-9-10-15-16-8-4-7-14(12-5-2-1-3-6-12)18(16)20-17(15)11-13/h1-11,21H;1-11H. The third-order valence-electron chi connectivity index (χ3n) is 6.89. The van der Waals surface area contributed by atoms with Crippen LogP contribution in [0.3, 0.4) is 0 Å². The molecule has 7 aromatic rings. The summed E-state index contributed by atoms with van der Waals surface area (Å²) in [6, 6.07) is 41.5. The van der Waals surface area contributed by atoms with Crippen LogP contribution in [0.4, 0.5) is 4.39 Å². The molecule has 0 radical (unpaired) electrons. The molecule has 0 amide bonds. The van der Waals surface area contributed by atoms with Gasteiger partial charge in [-0.05, 0) is 41.5 Å². The Kier molecular flexibility index (Phi) is 7.47. The number of benzene rings is 6. The molecule has 0 unspecified atom stereocenters. The van der Waals surface area contributed by atoms with Gasteiger partial charge in [0.25, 0.3) is 0 Å². The van der Waals surface area contributed by atoms with Crippen molar-refractivity contribution >= 4 is 45.1 Å². The largest absolute Gasteiger partial charge is 0.507 e. The van der Waals surface area contributed by atoms with E-state index in [1.54, 1.807) is 24.3 Å². The number of hydrogen-bond donors (Lipinski definition) is 1. The van der Waals surface area contributed by atoms with Crippen molar-refractivity contribution in [2.24, 2.45) is 0 Å². The van der Waals surface area contributed by atoms with Gasteiger partial charge in [-0.3, -0.25) is 0 Å². The Morgan fingerprint density at radius 1 is 0.512 bits per heavy atom. The van der Waals surface area contributed by atoms with Crippen molar-refractivity contribution in [3.63, 3.8) is 0 Å². The highest BCUT2D eigenvalue weighted by atomic mass is 35.5. The van der Waals surface area contributed by atoms with Gasteiger partial charge in [0.15, 0.2) is 0 Å². The first kappa shape index (κ1) is 26.6. The number of fused-ring (bicyclic) bond motifs is 3. The summed E-state index contributed by atoms with van der Waals surface area (Å²) < 4.78 is 20.1. The van der Waals surface area contributed by atoms with E-state index < -0.39 is 5.82 Å². The summed E-state index contributed by atoms with van der Waals surface area (Å²) in [6.45, 7) is 0. The molecular formula is C36H23Cl2FO2. The number of rotatable bonds is 3. The smallest absolute Gasteiger partial charge is 0.143 e. The van der Waals surface area contributed by atoms with E-state index in [0.29, 0.717) is 26.7 Å². The van der Waals surface area contributed by atoms with Crippen LogP contribution in [0.1, 0.15) is 0 Å². The van der Waals surface area contributed by atoms with E-state index >= 15 is 0 Å². The Bertz CT molecular complexity index is 1980. The monoisotopic (exact) mass is 576 g/mol. The maximum absolute atomic E-state index is 14.1. The topological polar surface area (TPSA) is 33.4 Å². The molecule has 1 N–H and O–H groups in total. The zero-order valence-corrected chi connectivity index (χ0v) is 23.2. The fraction of sp³-hybridized carbons (Fsp3) is 0. The van der Waals surface area contributed by atoms with E-state index in [9.17, 15) is 9.50 Å². The minimum Gasteiger partial charge on any atom is -0.507 e. The summed E-state index contributed by atoms with van der Waals surface area (Å²) in [4.78, 5) is 0. The molecule has 6 aromatic carbocycles. The molecule has 0 bridgehead atoms. The van der Waals surface area contributed by atoms with Gasteiger partial charge in [-0.15, -0.1) is 0 Å². The number of hydrogen-bond acceptors (Lipinski definition) is 2. The Hall–Kier alpha value is -4.57. The summed E-state index contributed by atoms with van der Waals surface area (Å²) in [6.07, 6.45) is 0. The summed E-state index contributed by atoms with van der Waals surface area (Å²) in [5, 5.41) is 13.7. The highest BCUT2D eigenvalue weighted by molar-refractivity contribution is 6.31. The van der Waals surface area contributed by atoms with Gasteiger partial charge in [0.05, 0.1) is 0 Å². The number of phenolic OH excluding ortho intramolecular Hbond substituents is 1. The zero-order valence-electron chi connectivity index (χ0n) is 21.7. The van der Waals surface area contributed by atoms with Gasteiger partial charge in [0.1, 0.15) is 22.7 Å². The van der Waals surface area contributed by atoms with E-state index in [0.717, 1.165) is 38.6 Å². The van der Waals surface area contributed by atoms with Crippen LogP contribution >= 0.6 is 23.2 Å². The van der Waals surface area contributed by atoms with Gasteiger partial charge in [-0.25, -0.2) is 4.39 Å². The number of aromatic hydroxyl groups is 1. The Balaban J connectivity index is 0.000000148. The summed E-state index contributed by atoms with van der Waals surface area (Å²) in [5.41, 5.74) is 6.33. The first-order valence-electron chi connectivity index (χ1n) is 13.0. The Labute approximate surface area is 246 Å². The maximum atomic E-state index is 14.1. The van der Waals surface area contributed by atoms with E-state index in [-0.39, 0.29) is 5.75 Å². The lowest BCUT2D eigenvalue weighted by Gasteiger charge is -2.11. The average Bonchev–Trinajstić information content (AvgIpc) is 3.36. The minimum atomic E-state index is -0.456. The van der Waals surface area contributed by atoms with Crippen molar-refractivity contribution in [3.8, 4) is 39.1 Å². The second kappa shape index (κ2) is 11.5. The number of phenols is 1. The molecule has 1 aromatic heterocycles. The van der Waals surface area contributed by atoms with Gasteiger partial charge in [0.2, 0.25) is 0 Å². The fourth-order valence-electron chi connectivity index (χ4n) is 4.94. The SMILES string of the molecule is Clc1ccc2c(c1)oc1c(-c3ccccc3)cccc12.Oc1c(-c2ccccc2)cccc1-c1ccc(Cl)cc1F. The second-order valence-corrected chi connectivity index (χ2v) is 10.4. The van der Waals surface area contributed by atoms with Crippen molar-refractivity contribution in [1.82, 2.24) is 0 Å². The molecule has 0 atom stereocenters. The molecule has 200 valence electrons. The molecule has 0 aliphatic heterocycles. The highest BCUT2D eigenvalue weighted by Gasteiger charge is 2.14. The van der Waals surface area contributed by atoms with E-state index in [4.69, 9.17) is 27.6 Å². The number of furan rings is 1. The summed E-state index contributed by atoms with van der Waals surface area (Å²) in [5.74, 6) is -0.395. The molecular weight excluding hydrogens is 554 g/mol. The molecule has 1 heterocycles. The normalized spacial score (nSPS) is 10.9. The van der Waals surface area contributed by atoms with Crippen molar-refractivity contribution in [2.45, 2.75) is 0 Å². The number of para-hydroxylation sites is 2. The number of halogens is 3. The molecule has 41 heavy (non-hydrogen) atoms. The molecule has 5 heteroatoms. The molecule has 0 spiro atoms. The predicted octanol–water partition coefficient (Wildman–Crippen LogP) is 11.4. The van der Waals surface area contributed by atoms with Crippen LogP contribution in [0.15, 0.2) is 138 Å². The molecule has 7 rings (SSSR count). The summed E-state index contributed by atoms with van der Waals surface area (Å²) in [7, 11) is 0. The van der Waals surface area contributed by atoms with Gasteiger partial charge in [-0.1, -0.05) is 120 Å². The van der Waals surface area contributed by atoms with Gasteiger partial charge in [-0.2, -0.15) is 0 Å². The first-order valence-corrected chi connectivity index (χ1v) is 13.7. The van der Waals surface area contributed by atoms with Crippen LogP contribution in [-0.4, -0.2) is 5.11 Å². The Morgan fingerprint density at radius 2 is 1.10 bits per heavy atom. The first-order chi connectivity index (χ1) is 20.0. The third kappa shape index (κ3) is 5.43. The molecule has 0 aliphatic rings. The van der Waals surface area contributed by atoms with Gasteiger partial charge in [0, 0.05) is 49.1 Å². The van der Waals surface area contributed by atoms with Crippen LogP contribution in [0, 0.1) is 5.82 Å². The van der Waals surface area contributed by atoms with Gasteiger partial charge < -0.3 is 9.52 Å². The quantitative estimate of drug-likeness (QED) is 0.227. The van der Waals surface area contributed by atoms with E-state index in [1.165, 1.54) is 6.07 Å². The highest BCUT2D eigenvalue weighted by Crippen LogP contribution is 2.39. The van der Waals surface area contributed by atoms with Crippen LogP contribution in [0.2, 0.25) is 10.0 Å². The molecule has 0 saturated carbocycles. The van der Waals surface area contributed by atoms with Crippen LogP contribution < -0.4 is 0 Å². The average molecular weight is 577 g/mol. The molecule has 0 aliphatic carbocycles. The van der Waals surface area contributed by atoms with Crippen LogP contribution in [0.25, 0.3) is 55.3 Å². The predicted molar refractivity (Wildman–Crippen MR) is 168 cm³/mol. The fourth-order valence-corrected chi connectivity index (χ4v) is 5.26. The van der Waals surface area contributed by atoms with Crippen molar-refractivity contribution in [1.29, 1.82) is 0 Å². The van der Waals surface area contributed by atoms with Crippen molar-refractivity contribution < 1.29 is 13.9 Å². The lowest BCUT2D eigenvalue weighted by atomic mass is 9.97. The third-order valence-corrected chi connectivity index (χ3v) is 7.36. The van der Waals surface area contributed by atoms with E-state index in [2.05, 4.69) is 30.3 Å². The Morgan fingerprint density at radius 3 is 1.80 bits per heavy atom. The minimum absolute atomic E-state index is 0.0601.